The zero-order valence-corrected chi connectivity index (χ0v) is 17.5. The lowest BCUT2D eigenvalue weighted by Crippen LogP contribution is -2.38. The highest BCUT2D eigenvalue weighted by atomic mass is 32.2. The minimum absolute atomic E-state index is 0.0654. The van der Waals surface area contributed by atoms with E-state index in [2.05, 4.69) is 26.9 Å². The highest BCUT2D eigenvalue weighted by Gasteiger charge is 2.33. The van der Waals surface area contributed by atoms with Crippen molar-refractivity contribution in [1.29, 1.82) is 0 Å². The molecule has 1 amide bonds. The number of carbonyl (C=O) groups is 1. The third-order valence-corrected chi connectivity index (χ3v) is 8.05. The maximum absolute atomic E-state index is 12.6. The van der Waals surface area contributed by atoms with Gasteiger partial charge >= 0.3 is 0 Å². The van der Waals surface area contributed by atoms with E-state index in [-0.39, 0.29) is 29.2 Å². The van der Waals surface area contributed by atoms with Gasteiger partial charge in [-0.1, -0.05) is 42.1 Å². The predicted octanol–water partition coefficient (Wildman–Crippen LogP) is 1.94. The van der Waals surface area contributed by atoms with Crippen LogP contribution in [0.3, 0.4) is 0 Å². The summed E-state index contributed by atoms with van der Waals surface area (Å²) in [4.78, 5) is 14.2. The van der Waals surface area contributed by atoms with E-state index in [1.54, 1.807) is 11.9 Å². The third kappa shape index (κ3) is 4.41. The van der Waals surface area contributed by atoms with Crippen LogP contribution in [0, 0.1) is 0 Å². The average Bonchev–Trinajstić information content (AvgIpc) is 3.35. The van der Waals surface area contributed by atoms with E-state index in [0.717, 1.165) is 23.8 Å². The fourth-order valence-electron chi connectivity index (χ4n) is 3.48. The Bertz CT molecular complexity index is 955. The predicted molar refractivity (Wildman–Crippen MR) is 108 cm³/mol. The summed E-state index contributed by atoms with van der Waals surface area (Å²) in [6.45, 7) is 0.687. The van der Waals surface area contributed by atoms with Crippen molar-refractivity contribution in [2.45, 2.75) is 42.9 Å². The molecule has 28 heavy (non-hydrogen) atoms. The molecule has 0 spiro atoms. The number of aromatic nitrogens is 3. The average molecular weight is 421 g/mol. The molecule has 0 radical (unpaired) electrons. The van der Waals surface area contributed by atoms with Crippen molar-refractivity contribution in [2.75, 3.05) is 24.3 Å². The molecule has 1 aromatic carbocycles. The fraction of sp³-hybridized carbons (Fsp3) is 0.526. The van der Waals surface area contributed by atoms with Gasteiger partial charge in [0.2, 0.25) is 5.91 Å². The Kier molecular flexibility index (Phi) is 5.46. The number of sulfone groups is 1. The Morgan fingerprint density at radius 1 is 1.21 bits per heavy atom. The van der Waals surface area contributed by atoms with Crippen LogP contribution in [-0.2, 0) is 21.2 Å². The molecule has 1 saturated carbocycles. The van der Waals surface area contributed by atoms with Crippen molar-refractivity contribution in [3.05, 3.63) is 41.7 Å². The molecule has 0 N–H and O–H groups in total. The molecule has 2 fully saturated rings. The third-order valence-electron chi connectivity index (χ3n) is 5.35. The van der Waals surface area contributed by atoms with Crippen molar-refractivity contribution < 1.29 is 13.2 Å². The largest absolute Gasteiger partial charge is 0.341 e. The van der Waals surface area contributed by atoms with Crippen molar-refractivity contribution >= 4 is 27.5 Å². The number of hydrogen-bond donors (Lipinski definition) is 0. The van der Waals surface area contributed by atoms with Gasteiger partial charge in [0.25, 0.3) is 0 Å². The molecule has 2 heterocycles. The molecule has 7 nitrogen and oxygen atoms in total. The Labute approximate surface area is 169 Å². The van der Waals surface area contributed by atoms with Gasteiger partial charge in [-0.2, -0.15) is 0 Å². The van der Waals surface area contributed by atoms with Gasteiger partial charge in [0.15, 0.2) is 15.0 Å². The summed E-state index contributed by atoms with van der Waals surface area (Å²) in [5.41, 5.74) is 1.17. The van der Waals surface area contributed by atoms with Crippen molar-refractivity contribution in [1.82, 2.24) is 19.7 Å². The van der Waals surface area contributed by atoms with Crippen LogP contribution < -0.4 is 0 Å². The van der Waals surface area contributed by atoms with Crippen LogP contribution in [0.15, 0.2) is 35.5 Å². The lowest BCUT2D eigenvalue weighted by atomic mass is 10.2. The van der Waals surface area contributed by atoms with Crippen LogP contribution in [0.4, 0.5) is 0 Å². The van der Waals surface area contributed by atoms with E-state index < -0.39 is 9.84 Å². The molecule has 4 rings (SSSR count). The first-order chi connectivity index (χ1) is 13.4. The van der Waals surface area contributed by atoms with Gasteiger partial charge in [-0.25, -0.2) is 8.42 Å². The zero-order valence-electron chi connectivity index (χ0n) is 15.8. The summed E-state index contributed by atoms with van der Waals surface area (Å²) in [7, 11) is -1.32. The molecule has 0 unspecified atom stereocenters. The topological polar surface area (TPSA) is 85.2 Å². The zero-order chi connectivity index (χ0) is 19.7. The SMILES string of the molecule is CN(C(=O)CSc1nnc(C2CC2)n1Cc1ccccc1)[C@H]1CCS(=O)(=O)C1. The van der Waals surface area contributed by atoms with Crippen molar-refractivity contribution in [3.63, 3.8) is 0 Å². The molecule has 1 aromatic heterocycles. The number of carbonyl (C=O) groups excluding carboxylic acids is 1. The van der Waals surface area contributed by atoms with Gasteiger partial charge < -0.3 is 9.47 Å². The molecular weight excluding hydrogens is 396 g/mol. The maximum atomic E-state index is 12.6. The highest BCUT2D eigenvalue weighted by Crippen LogP contribution is 2.40. The van der Waals surface area contributed by atoms with Crippen molar-refractivity contribution in [3.8, 4) is 0 Å². The molecule has 0 bridgehead atoms. The molecular formula is C19H24N4O3S2. The lowest BCUT2D eigenvalue weighted by Gasteiger charge is -2.23. The Hall–Kier alpha value is -1.87. The number of rotatable bonds is 7. The maximum Gasteiger partial charge on any atom is 0.233 e. The second kappa shape index (κ2) is 7.87. The van der Waals surface area contributed by atoms with Gasteiger partial charge in [-0.15, -0.1) is 10.2 Å². The first kappa shape index (κ1) is 19.4. The molecule has 2 aliphatic rings. The van der Waals surface area contributed by atoms with Gasteiger partial charge in [0.1, 0.15) is 5.82 Å². The first-order valence-corrected chi connectivity index (χ1v) is 12.3. The molecule has 150 valence electrons. The summed E-state index contributed by atoms with van der Waals surface area (Å²) in [6.07, 6.45) is 2.79. The Balaban J connectivity index is 1.44. The van der Waals surface area contributed by atoms with E-state index in [9.17, 15) is 13.2 Å². The second-order valence-corrected chi connectivity index (χ2v) is 10.7. The number of benzene rings is 1. The summed E-state index contributed by atoms with van der Waals surface area (Å²) >= 11 is 1.38. The molecule has 1 aliphatic carbocycles. The number of thioether (sulfide) groups is 1. The number of hydrogen-bond acceptors (Lipinski definition) is 6. The van der Waals surface area contributed by atoms with Gasteiger partial charge in [-0.05, 0) is 24.8 Å². The molecule has 1 saturated heterocycles. The summed E-state index contributed by atoms with van der Waals surface area (Å²) < 4.78 is 25.5. The van der Waals surface area contributed by atoms with E-state index in [1.165, 1.54) is 17.3 Å². The molecule has 1 atom stereocenters. The first-order valence-electron chi connectivity index (χ1n) is 9.49. The highest BCUT2D eigenvalue weighted by molar-refractivity contribution is 7.99. The lowest BCUT2D eigenvalue weighted by molar-refractivity contribution is -0.128. The number of nitrogens with zero attached hydrogens (tertiary/aromatic N) is 4. The minimum atomic E-state index is -3.01. The standard InChI is InChI=1S/C19H24N4O3S2/c1-22(16-9-10-28(25,26)13-16)17(24)12-27-19-21-20-18(15-7-8-15)23(19)11-14-5-3-2-4-6-14/h2-6,15-16H,7-13H2,1H3/t16-/m0/s1. The van der Waals surface area contributed by atoms with Gasteiger partial charge in [0.05, 0.1) is 23.8 Å². The van der Waals surface area contributed by atoms with Crippen LogP contribution >= 0.6 is 11.8 Å². The van der Waals surface area contributed by atoms with E-state index in [4.69, 9.17) is 0 Å². The van der Waals surface area contributed by atoms with Crippen molar-refractivity contribution in [2.24, 2.45) is 0 Å². The monoisotopic (exact) mass is 420 g/mol. The van der Waals surface area contributed by atoms with Crippen LogP contribution in [0.2, 0.25) is 0 Å². The van der Waals surface area contributed by atoms with Crippen LogP contribution in [0.5, 0.6) is 0 Å². The van der Waals surface area contributed by atoms with E-state index >= 15 is 0 Å². The molecule has 1 aliphatic heterocycles. The molecule has 2 aromatic rings. The second-order valence-electron chi connectivity index (χ2n) is 7.54. The normalized spacial score (nSPS) is 21.0. The smallest absolute Gasteiger partial charge is 0.233 e. The minimum Gasteiger partial charge on any atom is -0.341 e. The van der Waals surface area contributed by atoms with Crippen LogP contribution in [-0.4, -0.2) is 64.3 Å². The van der Waals surface area contributed by atoms with Gasteiger partial charge in [0, 0.05) is 19.0 Å². The Morgan fingerprint density at radius 3 is 2.61 bits per heavy atom. The van der Waals surface area contributed by atoms with Crippen LogP contribution in [0.1, 0.15) is 36.6 Å². The summed E-state index contributed by atoms with van der Waals surface area (Å²) in [5.74, 6) is 1.84. The molecule has 9 heteroatoms. The van der Waals surface area contributed by atoms with E-state index in [1.807, 2.05) is 18.2 Å². The summed E-state index contributed by atoms with van der Waals surface area (Å²) in [5, 5.41) is 9.46. The van der Waals surface area contributed by atoms with Gasteiger partial charge in [-0.3, -0.25) is 4.79 Å². The summed E-state index contributed by atoms with van der Waals surface area (Å²) in [6, 6.07) is 9.94. The fourth-order valence-corrected chi connectivity index (χ4v) is 6.12. The number of amides is 1. The quantitative estimate of drug-likeness (QED) is 0.637. The van der Waals surface area contributed by atoms with Crippen LogP contribution in [0.25, 0.3) is 0 Å². The van der Waals surface area contributed by atoms with E-state index in [0.29, 0.717) is 18.9 Å². The Morgan fingerprint density at radius 2 is 1.96 bits per heavy atom.